The van der Waals surface area contributed by atoms with Crippen molar-refractivity contribution in [2.75, 3.05) is 0 Å². The number of rotatable bonds is 9. The largest absolute Gasteiger partial charge is 0.261 e. The molecule has 2 aliphatic rings. The Bertz CT molecular complexity index is 4510. The van der Waals surface area contributed by atoms with Gasteiger partial charge in [-0.15, -0.1) is 0 Å². The van der Waals surface area contributed by atoms with Crippen LogP contribution >= 0.6 is 0 Å². The zero-order valence-electron chi connectivity index (χ0n) is 54.0. The molecule has 1 spiro atoms. The van der Waals surface area contributed by atoms with Crippen LogP contribution in [-0.4, -0.2) is 33.3 Å². The Morgan fingerprint density at radius 3 is 1.02 bits per heavy atom. The summed E-state index contributed by atoms with van der Waals surface area (Å²) in [4.78, 5) is 30.2. The summed E-state index contributed by atoms with van der Waals surface area (Å²) in [6.45, 7) is 31.2. The Kier molecular flexibility index (Phi) is 14.9. The first-order valence-electron chi connectivity index (χ1n) is 31.5. The van der Waals surface area contributed by atoms with Gasteiger partial charge in [-0.1, -0.05) is 301 Å². The molecule has 6 heteroatoms. The van der Waals surface area contributed by atoms with Gasteiger partial charge in [0.25, 0.3) is 0 Å². The van der Waals surface area contributed by atoms with E-state index < -0.39 is 5.41 Å². The van der Waals surface area contributed by atoms with Crippen molar-refractivity contribution < 1.29 is 0 Å². The van der Waals surface area contributed by atoms with Crippen LogP contribution in [0, 0.1) is 0 Å². The summed E-state index contributed by atoms with van der Waals surface area (Å²) >= 11 is 0. The summed E-state index contributed by atoms with van der Waals surface area (Å²) in [5, 5.41) is 0. The standard InChI is InChI=1S/C84H78N6/c1-80(2,3)63-40-30-56(31-41-63)75(85-13)87-76(57-32-42-64(43-33-57)81(4,5)6)86-52-53-22-24-54(25-23-53)61-38-48-69-67-18-14-16-20-71(67)84(73(69)50-61)72-21-17-15-19-68(72)70-49-39-62(51-74(70)84)55-26-28-58(29-27-55)77-88-78(59-34-44-65(45-35-59)82(7,8)9)90-79(89-77)60-36-46-66(47-37-60)83(10,11)12/h14-51H,13,52H2,1-12H3. The van der Waals surface area contributed by atoms with Crippen LogP contribution in [-0.2, 0) is 33.6 Å². The molecule has 0 amide bonds. The fourth-order valence-electron chi connectivity index (χ4n) is 13.0. The van der Waals surface area contributed by atoms with Gasteiger partial charge in [0, 0.05) is 27.8 Å². The molecular formula is C84H78N6. The molecule has 90 heavy (non-hydrogen) atoms. The van der Waals surface area contributed by atoms with E-state index in [2.05, 4.69) is 325 Å². The van der Waals surface area contributed by atoms with Crippen molar-refractivity contribution in [3.05, 3.63) is 292 Å². The molecule has 0 saturated carbocycles. The van der Waals surface area contributed by atoms with E-state index in [0.29, 0.717) is 35.7 Å². The highest BCUT2D eigenvalue weighted by molar-refractivity contribution is 6.12. The lowest BCUT2D eigenvalue weighted by Crippen LogP contribution is -2.26. The lowest BCUT2D eigenvalue weighted by molar-refractivity contribution is 0.590. The van der Waals surface area contributed by atoms with E-state index in [0.717, 1.165) is 55.6 Å². The summed E-state index contributed by atoms with van der Waals surface area (Å²) in [7, 11) is 0. The lowest BCUT2D eigenvalue weighted by atomic mass is 9.70. The van der Waals surface area contributed by atoms with Crippen LogP contribution in [0.25, 0.3) is 78.7 Å². The SMILES string of the molecule is C=NC(=NC(=NCc1ccc(-c2ccc3c(c2)C2(c4ccccc4-3)c3ccccc3-c3ccc(-c4ccc(-c5nc(-c6ccc(C(C)(C)C)cc6)nc(-c6ccc(C(C)(C)C)cc6)n5)cc4)cc32)cc1)c1ccc(C(C)(C)C)cc1)c1ccc(C(C)(C)C)cc1. The number of hydrogen-bond acceptors (Lipinski definition) is 4. The third-order valence-electron chi connectivity index (χ3n) is 18.3. The third-order valence-corrected chi connectivity index (χ3v) is 18.3. The van der Waals surface area contributed by atoms with Crippen LogP contribution in [0.4, 0.5) is 0 Å². The number of benzene rings is 10. The van der Waals surface area contributed by atoms with Gasteiger partial charge in [-0.25, -0.2) is 24.9 Å². The Hall–Kier alpha value is -9.78. The Balaban J connectivity index is 0.846. The average Bonchev–Trinajstić information content (AvgIpc) is 1.51. The minimum absolute atomic E-state index is 0.00941. The van der Waals surface area contributed by atoms with E-state index in [1.165, 1.54) is 66.8 Å². The molecule has 1 aromatic heterocycles. The fourth-order valence-corrected chi connectivity index (χ4v) is 13.0. The highest BCUT2D eigenvalue weighted by Gasteiger charge is 2.52. The van der Waals surface area contributed by atoms with Crippen LogP contribution in [0.2, 0.25) is 0 Å². The fraction of sp³-hybridized carbons (Fsp3) is 0.214. The van der Waals surface area contributed by atoms with Crippen molar-refractivity contribution >= 4 is 18.4 Å². The first-order chi connectivity index (χ1) is 43.0. The first kappa shape index (κ1) is 59.2. The molecule has 1 atom stereocenters. The van der Waals surface area contributed by atoms with E-state index in [9.17, 15) is 0 Å². The van der Waals surface area contributed by atoms with E-state index in [-0.39, 0.29) is 21.7 Å². The van der Waals surface area contributed by atoms with Crippen LogP contribution in [0.15, 0.2) is 245 Å². The van der Waals surface area contributed by atoms with Crippen molar-refractivity contribution in [2.45, 2.75) is 117 Å². The number of fused-ring (bicyclic) bond motifs is 10. The average molecular weight is 1170 g/mol. The molecule has 6 nitrogen and oxygen atoms in total. The number of aromatic nitrogens is 3. The minimum Gasteiger partial charge on any atom is -0.261 e. The zero-order chi connectivity index (χ0) is 62.9. The maximum absolute atomic E-state index is 5.21. The lowest BCUT2D eigenvalue weighted by Gasteiger charge is -2.31. The van der Waals surface area contributed by atoms with E-state index >= 15 is 0 Å². The van der Waals surface area contributed by atoms with E-state index in [1.54, 1.807) is 0 Å². The van der Waals surface area contributed by atoms with E-state index in [4.69, 9.17) is 24.9 Å². The molecule has 10 aromatic carbocycles. The van der Waals surface area contributed by atoms with Crippen molar-refractivity contribution in [2.24, 2.45) is 15.0 Å². The van der Waals surface area contributed by atoms with Crippen LogP contribution in [0.5, 0.6) is 0 Å². The number of amidine groups is 2. The second-order valence-electron chi connectivity index (χ2n) is 28.5. The van der Waals surface area contributed by atoms with Crippen LogP contribution < -0.4 is 0 Å². The predicted octanol–water partition coefficient (Wildman–Crippen LogP) is 20.8. The molecule has 0 bridgehead atoms. The van der Waals surface area contributed by atoms with Gasteiger partial charge in [0.15, 0.2) is 29.1 Å². The molecule has 13 rings (SSSR count). The molecular weight excluding hydrogens is 1090 g/mol. The molecule has 1 heterocycles. The third kappa shape index (κ3) is 11.1. The van der Waals surface area contributed by atoms with Gasteiger partial charge in [-0.2, -0.15) is 0 Å². The molecule has 2 aliphatic carbocycles. The predicted molar refractivity (Wildman–Crippen MR) is 377 cm³/mol. The molecule has 11 aromatic rings. The van der Waals surface area contributed by atoms with Gasteiger partial charge in [-0.05, 0) is 135 Å². The molecule has 0 fully saturated rings. The summed E-state index contributed by atoms with van der Waals surface area (Å²) < 4.78 is 0. The first-order valence-corrected chi connectivity index (χ1v) is 31.5. The maximum Gasteiger partial charge on any atom is 0.164 e. The van der Waals surface area contributed by atoms with Crippen molar-refractivity contribution in [3.63, 3.8) is 0 Å². The summed E-state index contributed by atoms with van der Waals surface area (Å²) in [5.74, 6) is 3.08. The normalized spacial score (nSPS) is 14.7. The molecule has 0 N–H and O–H groups in total. The number of nitrogens with zero attached hydrogens (tertiary/aromatic N) is 6. The molecule has 0 saturated heterocycles. The quantitative estimate of drug-likeness (QED) is 0.107. The summed E-state index contributed by atoms with van der Waals surface area (Å²) in [6.07, 6.45) is 0. The second kappa shape index (κ2) is 22.7. The van der Waals surface area contributed by atoms with Gasteiger partial charge in [-0.3, -0.25) is 4.99 Å². The second-order valence-corrected chi connectivity index (χ2v) is 28.5. The zero-order valence-corrected chi connectivity index (χ0v) is 54.0. The summed E-state index contributed by atoms with van der Waals surface area (Å²) in [6, 6.07) is 84.2. The highest BCUT2D eigenvalue weighted by Crippen LogP contribution is 2.63. The van der Waals surface area contributed by atoms with Gasteiger partial charge in [0.2, 0.25) is 0 Å². The van der Waals surface area contributed by atoms with Crippen molar-refractivity contribution in [3.8, 4) is 78.7 Å². The molecule has 0 aliphatic heterocycles. The Morgan fingerprint density at radius 2 is 0.644 bits per heavy atom. The van der Waals surface area contributed by atoms with Gasteiger partial charge in [0.1, 0.15) is 0 Å². The number of aliphatic imine (C=N–C) groups is 3. The monoisotopic (exact) mass is 1170 g/mol. The molecule has 444 valence electrons. The minimum atomic E-state index is -0.553. The molecule has 0 radical (unpaired) electrons. The molecule has 1 unspecified atom stereocenters. The van der Waals surface area contributed by atoms with Gasteiger partial charge >= 0.3 is 0 Å². The van der Waals surface area contributed by atoms with Gasteiger partial charge < -0.3 is 0 Å². The topological polar surface area (TPSA) is 75.8 Å². The van der Waals surface area contributed by atoms with E-state index in [1.807, 2.05) is 0 Å². The highest BCUT2D eigenvalue weighted by atomic mass is 15.0. The van der Waals surface area contributed by atoms with Crippen LogP contribution in [0.3, 0.4) is 0 Å². The van der Waals surface area contributed by atoms with Crippen molar-refractivity contribution in [1.82, 2.24) is 15.0 Å². The Labute approximate surface area is 532 Å². The number of hydrogen-bond donors (Lipinski definition) is 0. The Morgan fingerprint density at radius 1 is 0.333 bits per heavy atom. The van der Waals surface area contributed by atoms with Crippen LogP contribution in [0.1, 0.15) is 144 Å². The van der Waals surface area contributed by atoms with Crippen molar-refractivity contribution in [1.29, 1.82) is 0 Å². The van der Waals surface area contributed by atoms with Gasteiger partial charge in [0.05, 0.1) is 12.0 Å². The summed E-state index contributed by atoms with van der Waals surface area (Å²) in [5.41, 5.74) is 25.0. The smallest absolute Gasteiger partial charge is 0.164 e. The maximum atomic E-state index is 5.21.